The van der Waals surface area contributed by atoms with E-state index < -0.39 is 18.2 Å². The fourth-order valence-electron chi connectivity index (χ4n) is 6.40. The van der Waals surface area contributed by atoms with Crippen LogP contribution in [0.5, 0.6) is 0 Å². The maximum Gasteiger partial charge on any atom is 0.306 e. The Bertz CT molecular complexity index is 1100. The Balaban J connectivity index is 4.69. The molecule has 0 rings (SSSR count). The topological polar surface area (TPSA) is 95.9 Å². The highest BCUT2D eigenvalue weighted by molar-refractivity contribution is 5.77. The van der Waals surface area contributed by atoms with Crippen LogP contribution < -0.4 is 5.32 Å². The normalized spacial score (nSPS) is 14.2. The standard InChI is InChI=1S/C50H85NO5/c1-4-7-10-13-16-19-22-23-24-25-26-27-28-31-34-37-40-43-50(55)56-46(41-38-35-32-29-20-17-14-11-8-5-2)44-49(54)51-47(45-52)48(53)42-39-36-33-30-21-18-15-12-9-6-3/h7,10,13,16-17,19-20,22-28,46-48,52-53H,4-6,8-9,11-12,14-15,18,21,29-45H2,1-3H3,(H,51,54)/b10-7-,16-13+,20-17-,22-19+,24-23-,26-25+,28-27+. The third kappa shape index (κ3) is 37.9. The number of hydrogen-bond acceptors (Lipinski definition) is 5. The zero-order valence-electron chi connectivity index (χ0n) is 36.2. The Morgan fingerprint density at radius 2 is 0.982 bits per heavy atom. The SMILES string of the molecule is CC\C=C/C=C/C=C/C=C\C=C\C=C\CCCCCC(=O)OC(CCCCC/C=C\CCCCC)CC(=O)NC(CO)C(O)CCCCCCCCCCCC. The van der Waals surface area contributed by atoms with Crippen molar-refractivity contribution in [1.82, 2.24) is 5.32 Å². The molecule has 3 unspecified atom stereocenters. The Labute approximate surface area is 344 Å². The summed E-state index contributed by atoms with van der Waals surface area (Å²) in [5.41, 5.74) is 0. The predicted octanol–water partition coefficient (Wildman–Crippen LogP) is 13.2. The highest BCUT2D eigenvalue weighted by atomic mass is 16.5. The lowest BCUT2D eigenvalue weighted by Crippen LogP contribution is -2.46. The first-order chi connectivity index (χ1) is 27.5. The molecule has 320 valence electrons. The van der Waals surface area contributed by atoms with E-state index in [2.05, 4.69) is 56.5 Å². The van der Waals surface area contributed by atoms with E-state index in [1.807, 2.05) is 54.7 Å². The van der Waals surface area contributed by atoms with Crippen LogP contribution in [0.2, 0.25) is 0 Å². The fourth-order valence-corrected chi connectivity index (χ4v) is 6.40. The molecule has 0 fully saturated rings. The van der Waals surface area contributed by atoms with Gasteiger partial charge in [-0.1, -0.05) is 196 Å². The zero-order valence-corrected chi connectivity index (χ0v) is 36.2. The molecule has 0 aromatic rings. The molecule has 0 aromatic heterocycles. The molecule has 0 radical (unpaired) electrons. The molecule has 6 heteroatoms. The number of amides is 1. The molecule has 56 heavy (non-hydrogen) atoms. The highest BCUT2D eigenvalue weighted by Crippen LogP contribution is 2.16. The van der Waals surface area contributed by atoms with Gasteiger partial charge in [-0.05, 0) is 70.6 Å². The average molecular weight is 780 g/mol. The first-order valence-electron chi connectivity index (χ1n) is 22.9. The van der Waals surface area contributed by atoms with Gasteiger partial charge in [0.15, 0.2) is 0 Å². The van der Waals surface area contributed by atoms with Gasteiger partial charge in [0.2, 0.25) is 5.91 Å². The molecule has 0 saturated heterocycles. The third-order valence-electron chi connectivity index (χ3n) is 9.87. The van der Waals surface area contributed by atoms with Crippen LogP contribution >= 0.6 is 0 Å². The van der Waals surface area contributed by atoms with Crippen molar-refractivity contribution in [3.05, 3.63) is 85.1 Å². The van der Waals surface area contributed by atoms with Gasteiger partial charge >= 0.3 is 5.97 Å². The minimum atomic E-state index is -0.801. The number of nitrogens with one attached hydrogen (secondary N) is 1. The van der Waals surface area contributed by atoms with Gasteiger partial charge in [-0.2, -0.15) is 0 Å². The number of carbonyl (C=O) groups excluding carboxylic acids is 2. The summed E-state index contributed by atoms with van der Waals surface area (Å²) in [5, 5.41) is 23.6. The minimum absolute atomic E-state index is 0.0437. The first-order valence-corrected chi connectivity index (χ1v) is 22.9. The molecule has 6 nitrogen and oxygen atoms in total. The van der Waals surface area contributed by atoms with E-state index in [4.69, 9.17) is 4.74 Å². The summed E-state index contributed by atoms with van der Waals surface area (Å²) in [7, 11) is 0. The van der Waals surface area contributed by atoms with E-state index in [1.54, 1.807) is 0 Å². The van der Waals surface area contributed by atoms with Gasteiger partial charge in [-0.3, -0.25) is 9.59 Å². The molecule has 1 amide bonds. The van der Waals surface area contributed by atoms with Crippen LogP contribution in [0.15, 0.2) is 85.1 Å². The molecule has 0 saturated carbocycles. The van der Waals surface area contributed by atoms with Gasteiger partial charge in [-0.15, -0.1) is 0 Å². The van der Waals surface area contributed by atoms with Crippen LogP contribution in [0.25, 0.3) is 0 Å². The van der Waals surface area contributed by atoms with Crippen molar-refractivity contribution >= 4 is 11.9 Å². The predicted molar refractivity (Wildman–Crippen MR) is 241 cm³/mol. The quantitative estimate of drug-likeness (QED) is 0.0250. The van der Waals surface area contributed by atoms with E-state index in [0.717, 1.165) is 83.5 Å². The van der Waals surface area contributed by atoms with Crippen molar-refractivity contribution in [3.63, 3.8) is 0 Å². The number of allylic oxidation sites excluding steroid dienone is 14. The molecule has 0 aromatic carbocycles. The van der Waals surface area contributed by atoms with Gasteiger partial charge in [0.25, 0.3) is 0 Å². The van der Waals surface area contributed by atoms with Crippen LogP contribution in [0.1, 0.15) is 194 Å². The van der Waals surface area contributed by atoms with Crippen LogP contribution in [0.3, 0.4) is 0 Å². The molecule has 0 aliphatic carbocycles. The summed E-state index contributed by atoms with van der Waals surface area (Å²) >= 11 is 0. The summed E-state index contributed by atoms with van der Waals surface area (Å²) in [6.45, 7) is 6.26. The highest BCUT2D eigenvalue weighted by Gasteiger charge is 2.24. The lowest BCUT2D eigenvalue weighted by atomic mass is 10.0. The molecule has 0 aliphatic rings. The Hall–Kier alpha value is -2.96. The van der Waals surface area contributed by atoms with Crippen molar-refractivity contribution in [1.29, 1.82) is 0 Å². The second-order valence-corrected chi connectivity index (χ2v) is 15.2. The maximum absolute atomic E-state index is 13.1. The van der Waals surface area contributed by atoms with E-state index in [-0.39, 0.29) is 24.9 Å². The van der Waals surface area contributed by atoms with Crippen molar-refractivity contribution in [2.24, 2.45) is 0 Å². The molecule has 0 heterocycles. The van der Waals surface area contributed by atoms with Crippen molar-refractivity contribution in [2.45, 2.75) is 212 Å². The molecule has 0 bridgehead atoms. The second kappa shape index (κ2) is 43.2. The van der Waals surface area contributed by atoms with Crippen molar-refractivity contribution in [3.8, 4) is 0 Å². The maximum atomic E-state index is 13.1. The Morgan fingerprint density at radius 3 is 1.55 bits per heavy atom. The van der Waals surface area contributed by atoms with E-state index in [0.29, 0.717) is 19.3 Å². The number of rotatable bonds is 39. The van der Waals surface area contributed by atoms with E-state index in [9.17, 15) is 19.8 Å². The third-order valence-corrected chi connectivity index (χ3v) is 9.87. The van der Waals surface area contributed by atoms with Gasteiger partial charge in [0, 0.05) is 6.42 Å². The summed E-state index contributed by atoms with van der Waals surface area (Å²) in [5.74, 6) is -0.552. The molecule has 3 atom stereocenters. The number of unbranched alkanes of at least 4 members (excludes halogenated alkanes) is 18. The Morgan fingerprint density at radius 1 is 0.536 bits per heavy atom. The molecular formula is C50H85NO5. The number of carbonyl (C=O) groups is 2. The molecular weight excluding hydrogens is 695 g/mol. The number of hydrogen-bond donors (Lipinski definition) is 3. The van der Waals surface area contributed by atoms with Crippen LogP contribution in [-0.4, -0.2) is 46.9 Å². The molecule has 3 N–H and O–H groups in total. The first kappa shape index (κ1) is 53.0. The summed E-state index contributed by atoms with van der Waals surface area (Å²) in [4.78, 5) is 26.0. The van der Waals surface area contributed by atoms with E-state index >= 15 is 0 Å². The average Bonchev–Trinajstić information content (AvgIpc) is 3.19. The van der Waals surface area contributed by atoms with Crippen LogP contribution in [0.4, 0.5) is 0 Å². The molecule has 0 spiro atoms. The van der Waals surface area contributed by atoms with Crippen molar-refractivity contribution in [2.75, 3.05) is 6.61 Å². The van der Waals surface area contributed by atoms with Gasteiger partial charge in [0.1, 0.15) is 6.10 Å². The lowest BCUT2D eigenvalue weighted by molar-refractivity contribution is -0.151. The monoisotopic (exact) mass is 780 g/mol. The summed E-state index contributed by atoms with van der Waals surface area (Å²) in [6.07, 6.45) is 54.9. The smallest absolute Gasteiger partial charge is 0.306 e. The number of ether oxygens (including phenoxy) is 1. The Kier molecular flexibility index (Phi) is 40.9. The summed E-state index contributed by atoms with van der Waals surface area (Å²) < 4.78 is 5.87. The zero-order chi connectivity index (χ0) is 41.0. The second-order valence-electron chi connectivity index (χ2n) is 15.2. The van der Waals surface area contributed by atoms with Gasteiger partial charge in [0.05, 0.1) is 25.2 Å². The van der Waals surface area contributed by atoms with Crippen molar-refractivity contribution < 1.29 is 24.5 Å². The molecule has 0 aliphatic heterocycles. The van der Waals surface area contributed by atoms with Gasteiger partial charge in [-0.25, -0.2) is 0 Å². The lowest BCUT2D eigenvalue weighted by Gasteiger charge is -2.24. The number of esters is 1. The van der Waals surface area contributed by atoms with E-state index in [1.165, 1.54) is 64.2 Å². The van der Waals surface area contributed by atoms with Crippen LogP contribution in [-0.2, 0) is 14.3 Å². The number of aliphatic hydroxyl groups excluding tert-OH is 2. The summed E-state index contributed by atoms with van der Waals surface area (Å²) in [6, 6.07) is -0.717. The number of aliphatic hydroxyl groups is 2. The largest absolute Gasteiger partial charge is 0.462 e. The minimum Gasteiger partial charge on any atom is -0.462 e. The van der Waals surface area contributed by atoms with Gasteiger partial charge < -0.3 is 20.3 Å². The fraction of sp³-hybridized carbons (Fsp3) is 0.680. The van der Waals surface area contributed by atoms with Crippen LogP contribution in [0, 0.1) is 0 Å².